The molecule has 0 bridgehead atoms. The van der Waals surface area contributed by atoms with Crippen LogP contribution in [-0.4, -0.2) is 19.3 Å². The quantitative estimate of drug-likeness (QED) is 0.899. The Kier molecular flexibility index (Phi) is 4.32. The lowest BCUT2D eigenvalue weighted by molar-refractivity contribution is 0.0373. The summed E-state index contributed by atoms with van der Waals surface area (Å²) in [7, 11) is 1.39. The molecule has 18 heavy (non-hydrogen) atoms. The minimum absolute atomic E-state index is 0.0595. The Morgan fingerprint density at radius 2 is 1.89 bits per heavy atom. The molecule has 0 fully saturated rings. The van der Waals surface area contributed by atoms with Gasteiger partial charge >= 0.3 is 0 Å². The van der Waals surface area contributed by atoms with Crippen LogP contribution in [0.4, 0.5) is 8.78 Å². The molecular weight excluding hydrogens is 236 g/mol. The van der Waals surface area contributed by atoms with Gasteiger partial charge in [0.15, 0.2) is 11.6 Å². The van der Waals surface area contributed by atoms with Crippen LogP contribution in [0.3, 0.4) is 0 Å². The van der Waals surface area contributed by atoms with E-state index < -0.39 is 16.9 Å². The van der Waals surface area contributed by atoms with Gasteiger partial charge in [-0.25, -0.2) is 8.78 Å². The topological polar surface area (TPSA) is 35.2 Å². The Balaban J connectivity index is 3.10. The number of halogens is 2. The second-order valence-electron chi connectivity index (χ2n) is 5.53. The average molecular weight is 257 g/mol. The number of ether oxygens (including phenoxy) is 1. The van der Waals surface area contributed by atoms with E-state index in [4.69, 9.17) is 10.5 Å². The Hall–Kier alpha value is -1.16. The molecule has 1 aromatic carbocycles. The van der Waals surface area contributed by atoms with Gasteiger partial charge in [0.25, 0.3) is 0 Å². The van der Waals surface area contributed by atoms with Crippen molar-refractivity contribution >= 4 is 0 Å². The summed E-state index contributed by atoms with van der Waals surface area (Å²) < 4.78 is 33.7. The highest BCUT2D eigenvalue weighted by molar-refractivity contribution is 5.32. The molecule has 0 amide bonds. The monoisotopic (exact) mass is 257 g/mol. The van der Waals surface area contributed by atoms with Gasteiger partial charge in [-0.05, 0) is 17.0 Å². The van der Waals surface area contributed by atoms with Crippen LogP contribution >= 0.6 is 0 Å². The van der Waals surface area contributed by atoms with E-state index in [-0.39, 0.29) is 24.3 Å². The molecule has 0 radical (unpaired) electrons. The summed E-state index contributed by atoms with van der Waals surface area (Å²) in [6, 6.07) is 4.72. The molecule has 0 heterocycles. The zero-order chi connectivity index (χ0) is 14.0. The molecule has 2 nitrogen and oxygen atoms in total. The van der Waals surface area contributed by atoms with Gasteiger partial charge < -0.3 is 10.5 Å². The predicted molar refractivity (Wildman–Crippen MR) is 69.0 cm³/mol. The lowest BCUT2D eigenvalue weighted by Crippen LogP contribution is -2.47. The van der Waals surface area contributed by atoms with E-state index in [2.05, 4.69) is 0 Å². The SMILES string of the molecule is COc1cccc(CC(F)(CN)C(C)(C)C)c1F. The molecule has 1 aromatic rings. The van der Waals surface area contributed by atoms with Crippen LogP contribution in [0.1, 0.15) is 26.3 Å². The van der Waals surface area contributed by atoms with Crippen molar-refractivity contribution in [2.24, 2.45) is 11.1 Å². The average Bonchev–Trinajstić information content (AvgIpc) is 2.30. The smallest absolute Gasteiger partial charge is 0.168 e. The fourth-order valence-corrected chi connectivity index (χ4v) is 1.80. The first kappa shape index (κ1) is 14.9. The van der Waals surface area contributed by atoms with Crippen molar-refractivity contribution in [2.75, 3.05) is 13.7 Å². The maximum absolute atomic E-state index is 14.8. The number of hydrogen-bond donors (Lipinski definition) is 1. The minimum Gasteiger partial charge on any atom is -0.494 e. The maximum atomic E-state index is 14.8. The highest BCUT2D eigenvalue weighted by Gasteiger charge is 2.41. The summed E-state index contributed by atoms with van der Waals surface area (Å²) in [5.41, 5.74) is 3.51. The molecule has 0 saturated heterocycles. The van der Waals surface area contributed by atoms with Crippen molar-refractivity contribution in [1.29, 1.82) is 0 Å². The van der Waals surface area contributed by atoms with Gasteiger partial charge in [0.2, 0.25) is 0 Å². The molecule has 1 atom stereocenters. The van der Waals surface area contributed by atoms with Crippen molar-refractivity contribution in [3.05, 3.63) is 29.6 Å². The van der Waals surface area contributed by atoms with Crippen molar-refractivity contribution in [1.82, 2.24) is 0 Å². The summed E-state index contributed by atoms with van der Waals surface area (Å²) >= 11 is 0. The van der Waals surface area contributed by atoms with Gasteiger partial charge in [0.1, 0.15) is 5.67 Å². The van der Waals surface area contributed by atoms with E-state index in [1.165, 1.54) is 13.2 Å². The largest absolute Gasteiger partial charge is 0.494 e. The van der Waals surface area contributed by atoms with Crippen LogP contribution in [0, 0.1) is 11.2 Å². The van der Waals surface area contributed by atoms with Gasteiger partial charge in [0, 0.05) is 13.0 Å². The number of alkyl halides is 1. The molecule has 2 N–H and O–H groups in total. The van der Waals surface area contributed by atoms with Crippen molar-refractivity contribution in [3.8, 4) is 5.75 Å². The molecule has 1 unspecified atom stereocenters. The Bertz CT molecular complexity index is 415. The number of methoxy groups -OCH3 is 1. The molecule has 0 spiro atoms. The number of hydrogen-bond acceptors (Lipinski definition) is 2. The first-order valence-corrected chi connectivity index (χ1v) is 5.95. The Morgan fingerprint density at radius 3 is 2.33 bits per heavy atom. The summed E-state index contributed by atoms with van der Waals surface area (Å²) in [4.78, 5) is 0. The summed E-state index contributed by atoms with van der Waals surface area (Å²) in [5.74, 6) is -0.388. The highest BCUT2D eigenvalue weighted by Crippen LogP contribution is 2.37. The second kappa shape index (κ2) is 5.22. The Labute approximate surface area is 107 Å². The van der Waals surface area contributed by atoms with Crippen LogP contribution in [-0.2, 0) is 6.42 Å². The lowest BCUT2D eigenvalue weighted by Gasteiger charge is -2.37. The van der Waals surface area contributed by atoms with Gasteiger partial charge in [-0.3, -0.25) is 0 Å². The van der Waals surface area contributed by atoms with E-state index in [9.17, 15) is 8.78 Å². The standard InChI is InChI=1S/C14H21F2NO/c1-13(2,3)14(16,9-17)8-10-6-5-7-11(18-4)12(10)15/h5-7H,8-9,17H2,1-4H3. The molecule has 4 heteroatoms. The molecule has 0 aromatic heterocycles. The third kappa shape index (κ3) is 2.80. The molecule has 0 aliphatic rings. The van der Waals surface area contributed by atoms with E-state index in [0.717, 1.165) is 0 Å². The van der Waals surface area contributed by atoms with E-state index in [1.54, 1.807) is 32.9 Å². The first-order chi connectivity index (χ1) is 8.25. The fourth-order valence-electron chi connectivity index (χ4n) is 1.80. The van der Waals surface area contributed by atoms with E-state index >= 15 is 0 Å². The van der Waals surface area contributed by atoms with Crippen molar-refractivity contribution < 1.29 is 13.5 Å². The Morgan fingerprint density at radius 1 is 1.28 bits per heavy atom. The zero-order valence-electron chi connectivity index (χ0n) is 11.4. The van der Waals surface area contributed by atoms with Gasteiger partial charge in [0.05, 0.1) is 7.11 Å². The third-order valence-corrected chi connectivity index (χ3v) is 3.40. The fraction of sp³-hybridized carbons (Fsp3) is 0.571. The number of benzene rings is 1. The molecular formula is C14H21F2NO. The summed E-state index contributed by atoms with van der Waals surface area (Å²) in [5, 5.41) is 0. The van der Waals surface area contributed by atoms with Gasteiger partial charge in [-0.2, -0.15) is 0 Å². The third-order valence-electron chi connectivity index (χ3n) is 3.40. The van der Waals surface area contributed by atoms with Crippen LogP contribution < -0.4 is 10.5 Å². The van der Waals surface area contributed by atoms with Crippen molar-refractivity contribution in [3.63, 3.8) is 0 Å². The van der Waals surface area contributed by atoms with Crippen LogP contribution in [0.5, 0.6) is 5.75 Å². The van der Waals surface area contributed by atoms with Crippen LogP contribution in [0.2, 0.25) is 0 Å². The molecule has 0 aliphatic heterocycles. The van der Waals surface area contributed by atoms with Gasteiger partial charge in [-0.1, -0.05) is 32.9 Å². The second-order valence-corrected chi connectivity index (χ2v) is 5.53. The first-order valence-electron chi connectivity index (χ1n) is 5.95. The van der Waals surface area contributed by atoms with E-state index in [1.807, 2.05) is 0 Å². The van der Waals surface area contributed by atoms with Crippen LogP contribution in [0.15, 0.2) is 18.2 Å². The molecule has 1 rings (SSSR count). The van der Waals surface area contributed by atoms with E-state index in [0.29, 0.717) is 0 Å². The predicted octanol–water partition coefficient (Wildman–Crippen LogP) is 3.09. The number of rotatable bonds is 4. The molecule has 102 valence electrons. The molecule has 0 saturated carbocycles. The minimum atomic E-state index is -1.65. The maximum Gasteiger partial charge on any atom is 0.168 e. The van der Waals surface area contributed by atoms with Gasteiger partial charge in [-0.15, -0.1) is 0 Å². The zero-order valence-corrected chi connectivity index (χ0v) is 11.4. The van der Waals surface area contributed by atoms with Crippen LogP contribution in [0.25, 0.3) is 0 Å². The lowest BCUT2D eigenvalue weighted by atomic mass is 9.74. The highest BCUT2D eigenvalue weighted by atomic mass is 19.1. The number of nitrogens with two attached hydrogens (primary N) is 1. The summed E-state index contributed by atoms with van der Waals surface area (Å²) in [6.45, 7) is 5.14. The van der Waals surface area contributed by atoms with Crippen molar-refractivity contribution in [2.45, 2.75) is 32.9 Å². The molecule has 0 aliphatic carbocycles. The summed E-state index contributed by atoms with van der Waals surface area (Å²) in [6.07, 6.45) is -0.0595. The normalized spacial score (nSPS) is 15.3.